The molecule has 7 heteroatoms. The quantitative estimate of drug-likeness (QED) is 0.395. The number of carbonyl (C=O) groups excluding carboxylic acids is 2. The van der Waals surface area contributed by atoms with Gasteiger partial charge in [-0.15, -0.1) is 0 Å². The third kappa shape index (κ3) is 3.67. The number of carbonyl (C=O) groups is 2. The normalized spacial score (nSPS) is 16.1. The predicted molar refractivity (Wildman–Crippen MR) is 120 cm³/mol. The summed E-state index contributed by atoms with van der Waals surface area (Å²) < 4.78 is 16.8. The van der Waals surface area contributed by atoms with Crippen molar-refractivity contribution in [2.24, 2.45) is 0 Å². The summed E-state index contributed by atoms with van der Waals surface area (Å²) >= 11 is 0. The van der Waals surface area contributed by atoms with Crippen molar-refractivity contribution in [1.29, 1.82) is 0 Å². The molecule has 1 unspecified atom stereocenters. The van der Waals surface area contributed by atoms with E-state index < -0.39 is 23.5 Å². The van der Waals surface area contributed by atoms with E-state index in [0.717, 1.165) is 5.39 Å². The van der Waals surface area contributed by atoms with Gasteiger partial charge < -0.3 is 23.6 Å². The molecule has 0 fully saturated rings. The zero-order chi connectivity index (χ0) is 22.9. The van der Waals surface area contributed by atoms with Gasteiger partial charge in [-0.3, -0.25) is 9.59 Å². The van der Waals surface area contributed by atoms with E-state index in [0.29, 0.717) is 29.3 Å². The Kier molecular flexibility index (Phi) is 5.22. The highest BCUT2D eigenvalue weighted by Gasteiger charge is 2.45. The van der Waals surface area contributed by atoms with E-state index in [1.165, 1.54) is 11.2 Å². The van der Waals surface area contributed by atoms with Crippen molar-refractivity contribution < 1.29 is 28.3 Å². The van der Waals surface area contributed by atoms with Crippen LogP contribution in [0.3, 0.4) is 0 Å². The molecular weight excluding hydrogens is 422 g/mol. The Labute approximate surface area is 189 Å². The number of rotatable bonds is 7. The van der Waals surface area contributed by atoms with E-state index in [1.54, 1.807) is 48.5 Å². The summed E-state index contributed by atoms with van der Waals surface area (Å²) in [7, 11) is 0. The molecule has 1 atom stereocenters. The van der Waals surface area contributed by atoms with Crippen LogP contribution in [0.25, 0.3) is 11.0 Å². The van der Waals surface area contributed by atoms with E-state index in [-0.39, 0.29) is 17.9 Å². The van der Waals surface area contributed by atoms with Crippen LogP contribution in [0.2, 0.25) is 0 Å². The first-order chi connectivity index (χ1) is 16.1. The fourth-order valence-corrected chi connectivity index (χ4v) is 4.13. The van der Waals surface area contributed by atoms with Crippen LogP contribution in [0.15, 0.2) is 93.2 Å². The van der Waals surface area contributed by atoms with Gasteiger partial charge in [0.25, 0.3) is 5.91 Å². The highest BCUT2D eigenvalue weighted by Crippen LogP contribution is 2.41. The fraction of sp³-hybridized carbons (Fsp3) is 0.154. The average Bonchev–Trinajstić information content (AvgIpc) is 3.54. The number of fused-ring (bicyclic) bond motifs is 1. The molecule has 1 amide bonds. The SMILES string of the molecule is CCOc1cccc(C2C(C(=O)c3cc4ccccc4o3)=C(O)C(=O)N2Cc2ccco2)c1. The molecule has 4 aromatic rings. The van der Waals surface area contributed by atoms with Crippen LogP contribution in [0, 0.1) is 0 Å². The van der Waals surface area contributed by atoms with Crippen LogP contribution in [-0.2, 0) is 11.3 Å². The Hall–Kier alpha value is -4.26. The molecule has 0 radical (unpaired) electrons. The van der Waals surface area contributed by atoms with Crippen molar-refractivity contribution in [2.45, 2.75) is 19.5 Å². The van der Waals surface area contributed by atoms with Gasteiger partial charge in [0.05, 0.1) is 31.0 Å². The van der Waals surface area contributed by atoms with Gasteiger partial charge in [-0.1, -0.05) is 30.3 Å². The molecule has 2 aromatic heterocycles. The van der Waals surface area contributed by atoms with Crippen molar-refractivity contribution in [3.8, 4) is 5.75 Å². The average molecular weight is 443 g/mol. The summed E-state index contributed by atoms with van der Waals surface area (Å²) in [5.41, 5.74) is 1.14. The molecule has 0 saturated heterocycles. The largest absolute Gasteiger partial charge is 0.503 e. The molecule has 1 aliphatic rings. The van der Waals surface area contributed by atoms with Gasteiger partial charge in [0.2, 0.25) is 5.78 Å². The maximum Gasteiger partial charge on any atom is 0.290 e. The highest BCUT2D eigenvalue weighted by atomic mass is 16.5. The molecular formula is C26H21NO6. The van der Waals surface area contributed by atoms with Crippen LogP contribution in [0.5, 0.6) is 5.75 Å². The minimum atomic E-state index is -0.844. The smallest absolute Gasteiger partial charge is 0.290 e. The number of para-hydroxylation sites is 1. The number of amides is 1. The van der Waals surface area contributed by atoms with Crippen LogP contribution in [-0.4, -0.2) is 28.3 Å². The van der Waals surface area contributed by atoms with Crippen molar-refractivity contribution in [1.82, 2.24) is 4.90 Å². The van der Waals surface area contributed by atoms with Crippen LogP contribution < -0.4 is 4.74 Å². The van der Waals surface area contributed by atoms with Crippen LogP contribution in [0.1, 0.15) is 34.8 Å². The number of benzene rings is 2. The van der Waals surface area contributed by atoms with Gasteiger partial charge >= 0.3 is 0 Å². The second-order valence-electron chi connectivity index (χ2n) is 7.66. The number of aliphatic hydroxyl groups is 1. The van der Waals surface area contributed by atoms with Gasteiger partial charge in [-0.2, -0.15) is 0 Å². The number of furan rings is 2. The molecule has 5 rings (SSSR count). The Morgan fingerprint density at radius 2 is 1.94 bits per heavy atom. The zero-order valence-corrected chi connectivity index (χ0v) is 17.9. The molecule has 2 aromatic carbocycles. The number of hydrogen-bond acceptors (Lipinski definition) is 6. The maximum atomic E-state index is 13.6. The second kappa shape index (κ2) is 8.35. The zero-order valence-electron chi connectivity index (χ0n) is 17.9. The Morgan fingerprint density at radius 3 is 2.70 bits per heavy atom. The minimum absolute atomic E-state index is 0.0424. The van der Waals surface area contributed by atoms with E-state index in [9.17, 15) is 14.7 Å². The monoisotopic (exact) mass is 443 g/mol. The first kappa shape index (κ1) is 20.6. The molecule has 166 valence electrons. The number of hydrogen-bond donors (Lipinski definition) is 1. The van der Waals surface area contributed by atoms with Crippen molar-refractivity contribution in [2.75, 3.05) is 6.61 Å². The van der Waals surface area contributed by atoms with E-state index in [2.05, 4.69) is 0 Å². The summed E-state index contributed by atoms with van der Waals surface area (Å²) in [6.07, 6.45) is 1.51. The highest BCUT2D eigenvalue weighted by molar-refractivity contribution is 6.16. The van der Waals surface area contributed by atoms with Crippen LogP contribution >= 0.6 is 0 Å². The topological polar surface area (TPSA) is 93.1 Å². The summed E-state index contributed by atoms with van der Waals surface area (Å²) in [4.78, 5) is 28.1. The summed E-state index contributed by atoms with van der Waals surface area (Å²) in [6.45, 7) is 2.42. The molecule has 1 aliphatic heterocycles. The number of nitrogens with zero attached hydrogens (tertiary/aromatic N) is 1. The molecule has 3 heterocycles. The molecule has 0 bridgehead atoms. The first-order valence-corrected chi connectivity index (χ1v) is 10.6. The van der Waals surface area contributed by atoms with Crippen molar-refractivity contribution in [3.05, 3.63) is 101 Å². The molecule has 0 spiro atoms. The van der Waals surface area contributed by atoms with E-state index >= 15 is 0 Å². The van der Waals surface area contributed by atoms with E-state index in [4.69, 9.17) is 13.6 Å². The standard InChI is InChI=1S/C26H21NO6/c1-2-31-18-9-5-8-17(13-18)23-22(24(28)21-14-16-7-3-4-11-20(16)33-21)25(29)26(30)27(23)15-19-10-6-12-32-19/h3-14,23,29H,2,15H2,1H3. The van der Waals surface area contributed by atoms with Gasteiger partial charge in [0, 0.05) is 5.39 Å². The molecule has 0 saturated carbocycles. The summed E-state index contributed by atoms with van der Waals surface area (Å²) in [5.74, 6) is -0.624. The number of ketones is 1. The fourth-order valence-electron chi connectivity index (χ4n) is 4.13. The second-order valence-corrected chi connectivity index (χ2v) is 7.66. The van der Waals surface area contributed by atoms with Gasteiger partial charge in [0.15, 0.2) is 11.5 Å². The number of Topliss-reactive ketones (excluding diaryl/α,β-unsaturated/α-hetero) is 1. The summed E-state index contributed by atoms with van der Waals surface area (Å²) in [5, 5.41) is 11.6. The molecule has 1 N–H and O–H groups in total. The van der Waals surface area contributed by atoms with E-state index in [1.807, 2.05) is 25.1 Å². The predicted octanol–water partition coefficient (Wildman–Crippen LogP) is 5.20. The Balaban J connectivity index is 1.61. The number of aliphatic hydroxyl groups excluding tert-OH is 1. The van der Waals surface area contributed by atoms with Gasteiger partial charge in [-0.25, -0.2) is 0 Å². The van der Waals surface area contributed by atoms with Gasteiger partial charge in [-0.05, 0) is 48.9 Å². The van der Waals surface area contributed by atoms with Crippen LogP contribution in [0.4, 0.5) is 0 Å². The molecule has 7 nitrogen and oxygen atoms in total. The lowest BCUT2D eigenvalue weighted by Gasteiger charge is -2.26. The lowest BCUT2D eigenvalue weighted by atomic mass is 9.94. The lowest BCUT2D eigenvalue weighted by molar-refractivity contribution is -0.130. The third-order valence-electron chi connectivity index (χ3n) is 5.59. The number of ether oxygens (including phenoxy) is 1. The maximum absolute atomic E-state index is 13.6. The molecule has 0 aliphatic carbocycles. The minimum Gasteiger partial charge on any atom is -0.503 e. The molecule has 33 heavy (non-hydrogen) atoms. The van der Waals surface area contributed by atoms with Crippen molar-refractivity contribution in [3.63, 3.8) is 0 Å². The Bertz CT molecular complexity index is 1330. The lowest BCUT2D eigenvalue weighted by Crippen LogP contribution is -2.30. The van der Waals surface area contributed by atoms with Crippen molar-refractivity contribution >= 4 is 22.7 Å². The third-order valence-corrected chi connectivity index (χ3v) is 5.59. The first-order valence-electron chi connectivity index (χ1n) is 10.6. The Morgan fingerprint density at radius 1 is 1.09 bits per heavy atom. The van der Waals surface area contributed by atoms with Gasteiger partial charge in [0.1, 0.15) is 17.1 Å². The summed E-state index contributed by atoms with van der Waals surface area (Å²) in [6, 6.07) is 18.6.